The van der Waals surface area contributed by atoms with Crippen LogP contribution in [0.2, 0.25) is 5.02 Å². The summed E-state index contributed by atoms with van der Waals surface area (Å²) in [5.74, 6) is -1.14. The van der Waals surface area contributed by atoms with Crippen LogP contribution in [0, 0.1) is 5.82 Å². The molecule has 0 heterocycles. The smallest absolute Gasteiger partial charge is 0.243 e. The number of nitrogens with one attached hydrogen (secondary N) is 1. The maximum atomic E-state index is 14.4. The first kappa shape index (κ1) is 29.9. The van der Waals surface area contributed by atoms with E-state index in [1.54, 1.807) is 18.2 Å². The monoisotopic (exact) mass is 565 g/mol. The zero-order valence-corrected chi connectivity index (χ0v) is 23.6. The van der Waals surface area contributed by atoms with Gasteiger partial charge in [-0.15, -0.1) is 0 Å². The van der Waals surface area contributed by atoms with Crippen LogP contribution >= 0.6 is 11.6 Å². The highest BCUT2D eigenvalue weighted by atomic mass is 35.5. The van der Waals surface area contributed by atoms with E-state index in [1.165, 1.54) is 23.1 Å². The molecule has 7 nitrogen and oxygen atoms in total. The van der Waals surface area contributed by atoms with Gasteiger partial charge in [0.1, 0.15) is 11.9 Å². The maximum Gasteiger partial charge on any atom is 0.243 e. The molecular formula is C28H37ClFN3O4S. The summed E-state index contributed by atoms with van der Waals surface area (Å²) in [6.45, 7) is 1.94. The minimum absolute atomic E-state index is 0.0157. The van der Waals surface area contributed by atoms with E-state index in [0.29, 0.717) is 11.4 Å². The number of carbonyl (C=O) groups is 2. The molecule has 1 aliphatic carbocycles. The average molecular weight is 566 g/mol. The van der Waals surface area contributed by atoms with Gasteiger partial charge in [-0.05, 0) is 49.4 Å². The molecule has 3 rings (SSSR count). The van der Waals surface area contributed by atoms with E-state index in [2.05, 4.69) is 5.32 Å². The second-order valence-corrected chi connectivity index (χ2v) is 12.1. The Kier molecular flexibility index (Phi) is 11.0. The van der Waals surface area contributed by atoms with E-state index in [9.17, 15) is 22.4 Å². The van der Waals surface area contributed by atoms with Crippen LogP contribution in [0.5, 0.6) is 0 Å². The van der Waals surface area contributed by atoms with Crippen LogP contribution < -0.4 is 9.62 Å². The van der Waals surface area contributed by atoms with E-state index >= 15 is 0 Å². The molecular weight excluding hydrogens is 529 g/mol. The third-order valence-corrected chi connectivity index (χ3v) is 8.46. The molecule has 0 spiro atoms. The number of para-hydroxylation sites is 1. The lowest BCUT2D eigenvalue weighted by molar-refractivity contribution is -0.141. The molecule has 0 saturated heterocycles. The molecule has 2 aromatic carbocycles. The fraction of sp³-hybridized carbons (Fsp3) is 0.500. The van der Waals surface area contributed by atoms with Gasteiger partial charge in [-0.2, -0.15) is 0 Å². The molecule has 0 aliphatic heterocycles. The quantitative estimate of drug-likeness (QED) is 0.379. The minimum Gasteiger partial charge on any atom is -0.352 e. The van der Waals surface area contributed by atoms with Crippen molar-refractivity contribution in [2.75, 3.05) is 17.1 Å². The number of sulfonamides is 1. The number of hydrogen-bond donors (Lipinski definition) is 1. The second-order valence-electron chi connectivity index (χ2n) is 9.77. The molecule has 10 heteroatoms. The van der Waals surface area contributed by atoms with Crippen LogP contribution in [0.3, 0.4) is 0 Å². The topological polar surface area (TPSA) is 86.8 Å². The van der Waals surface area contributed by atoms with Gasteiger partial charge in [0, 0.05) is 30.6 Å². The summed E-state index contributed by atoms with van der Waals surface area (Å²) in [5, 5.41) is 3.63. The molecule has 38 heavy (non-hydrogen) atoms. The summed E-state index contributed by atoms with van der Waals surface area (Å²) in [6, 6.07) is 12.2. The molecule has 1 fully saturated rings. The second kappa shape index (κ2) is 13.9. The Labute approximate surface area is 230 Å². The van der Waals surface area contributed by atoms with Gasteiger partial charge < -0.3 is 10.2 Å². The number of carbonyl (C=O) groups excluding carboxylic acids is 2. The lowest BCUT2D eigenvalue weighted by Gasteiger charge is -2.33. The standard InChI is InChI=1S/C28H37ClFN3O4S/c1-3-25(28(35)31-22-13-5-4-6-14-22)32(20-21-12-7-8-15-23(21)29)27(34)18-11-19-33(38(2,36)37)26-17-10-9-16-24(26)30/h7-10,12,15-17,22,25H,3-6,11,13-14,18-20H2,1-2H3,(H,31,35)/t25-/m1/s1. The van der Waals surface area contributed by atoms with Crippen molar-refractivity contribution in [3.05, 3.63) is 64.9 Å². The highest BCUT2D eigenvalue weighted by molar-refractivity contribution is 7.92. The van der Waals surface area contributed by atoms with Gasteiger partial charge in [0.25, 0.3) is 0 Å². The predicted octanol–water partition coefficient (Wildman–Crippen LogP) is 5.28. The summed E-state index contributed by atoms with van der Waals surface area (Å²) in [6.07, 6.45) is 6.73. The molecule has 1 aliphatic rings. The van der Waals surface area contributed by atoms with Gasteiger partial charge in [0.15, 0.2) is 0 Å². The number of nitrogens with zero attached hydrogens (tertiary/aromatic N) is 2. The van der Waals surface area contributed by atoms with Crippen LogP contribution in [0.15, 0.2) is 48.5 Å². The highest BCUT2D eigenvalue weighted by Gasteiger charge is 2.31. The Morgan fingerprint density at radius 2 is 1.74 bits per heavy atom. The van der Waals surface area contributed by atoms with Crippen molar-refractivity contribution in [1.29, 1.82) is 0 Å². The van der Waals surface area contributed by atoms with Crippen molar-refractivity contribution in [3.8, 4) is 0 Å². The fourth-order valence-corrected chi connectivity index (χ4v) is 6.07. The first-order chi connectivity index (χ1) is 18.1. The van der Waals surface area contributed by atoms with Crippen molar-refractivity contribution in [2.24, 2.45) is 0 Å². The number of hydrogen-bond acceptors (Lipinski definition) is 4. The summed E-state index contributed by atoms with van der Waals surface area (Å²) in [7, 11) is -3.78. The summed E-state index contributed by atoms with van der Waals surface area (Å²) < 4.78 is 40.1. The van der Waals surface area contributed by atoms with Crippen molar-refractivity contribution in [1.82, 2.24) is 10.2 Å². The molecule has 0 aromatic heterocycles. The van der Waals surface area contributed by atoms with Crippen molar-refractivity contribution < 1.29 is 22.4 Å². The van der Waals surface area contributed by atoms with Crippen LogP contribution in [0.4, 0.5) is 10.1 Å². The van der Waals surface area contributed by atoms with E-state index in [-0.39, 0.29) is 49.5 Å². The Bertz CT molecular complexity index is 1200. The molecule has 0 unspecified atom stereocenters. The van der Waals surface area contributed by atoms with E-state index in [0.717, 1.165) is 48.2 Å². The zero-order chi connectivity index (χ0) is 27.7. The first-order valence-electron chi connectivity index (χ1n) is 13.2. The number of anilines is 1. The normalized spacial score (nSPS) is 15.1. The van der Waals surface area contributed by atoms with Crippen molar-refractivity contribution in [3.63, 3.8) is 0 Å². The van der Waals surface area contributed by atoms with Crippen LogP contribution in [-0.2, 0) is 26.2 Å². The fourth-order valence-electron chi connectivity index (χ4n) is 4.91. The van der Waals surface area contributed by atoms with Gasteiger partial charge in [0.05, 0.1) is 11.9 Å². The average Bonchev–Trinajstić information content (AvgIpc) is 2.88. The molecule has 1 atom stereocenters. The third-order valence-electron chi connectivity index (χ3n) is 6.91. The van der Waals surface area contributed by atoms with Crippen LogP contribution in [0.1, 0.15) is 63.9 Å². The van der Waals surface area contributed by atoms with Crippen molar-refractivity contribution in [2.45, 2.75) is 76.9 Å². The van der Waals surface area contributed by atoms with E-state index < -0.39 is 21.9 Å². The maximum absolute atomic E-state index is 14.4. The molecule has 2 aromatic rings. The first-order valence-corrected chi connectivity index (χ1v) is 15.4. The lowest BCUT2D eigenvalue weighted by Crippen LogP contribution is -2.51. The van der Waals surface area contributed by atoms with Gasteiger partial charge in [-0.25, -0.2) is 12.8 Å². The lowest BCUT2D eigenvalue weighted by atomic mass is 9.95. The number of benzene rings is 2. The number of rotatable bonds is 12. The Morgan fingerprint density at radius 1 is 1.08 bits per heavy atom. The Balaban J connectivity index is 1.77. The molecule has 1 saturated carbocycles. The largest absolute Gasteiger partial charge is 0.352 e. The minimum atomic E-state index is -3.78. The van der Waals surface area contributed by atoms with E-state index in [4.69, 9.17) is 11.6 Å². The van der Waals surface area contributed by atoms with Gasteiger partial charge in [-0.1, -0.05) is 68.1 Å². The molecule has 2 amide bonds. The van der Waals surface area contributed by atoms with Gasteiger partial charge in [-0.3, -0.25) is 13.9 Å². The van der Waals surface area contributed by atoms with Crippen LogP contribution in [-0.4, -0.2) is 50.0 Å². The molecule has 0 radical (unpaired) electrons. The Hall–Kier alpha value is -2.65. The molecule has 208 valence electrons. The Morgan fingerprint density at radius 3 is 2.37 bits per heavy atom. The zero-order valence-electron chi connectivity index (χ0n) is 22.0. The van der Waals surface area contributed by atoms with Crippen molar-refractivity contribution >= 4 is 39.1 Å². The molecule has 1 N–H and O–H groups in total. The number of halogens is 2. The SMILES string of the molecule is CC[C@H](C(=O)NC1CCCCC1)N(Cc1ccccc1Cl)C(=O)CCCN(c1ccccc1F)S(C)(=O)=O. The number of amides is 2. The predicted molar refractivity (Wildman–Crippen MR) is 149 cm³/mol. The molecule has 0 bridgehead atoms. The van der Waals surface area contributed by atoms with E-state index in [1.807, 2.05) is 19.1 Å². The third kappa shape index (κ3) is 8.17. The summed E-state index contributed by atoms with van der Waals surface area (Å²) >= 11 is 6.39. The summed E-state index contributed by atoms with van der Waals surface area (Å²) in [5.41, 5.74) is 0.657. The van der Waals surface area contributed by atoms with Gasteiger partial charge in [0.2, 0.25) is 21.8 Å². The van der Waals surface area contributed by atoms with Gasteiger partial charge >= 0.3 is 0 Å². The summed E-state index contributed by atoms with van der Waals surface area (Å²) in [4.78, 5) is 28.4. The van der Waals surface area contributed by atoms with Crippen LogP contribution in [0.25, 0.3) is 0 Å². The highest BCUT2D eigenvalue weighted by Crippen LogP contribution is 2.24.